The highest BCUT2D eigenvalue weighted by molar-refractivity contribution is 5.82. The third-order valence-electron chi connectivity index (χ3n) is 3.63. The van der Waals surface area contributed by atoms with Gasteiger partial charge in [-0.2, -0.15) is 0 Å². The number of hydrogen-bond acceptors (Lipinski definition) is 4. The van der Waals surface area contributed by atoms with Gasteiger partial charge in [0.2, 0.25) is 0 Å². The van der Waals surface area contributed by atoms with E-state index in [1.54, 1.807) is 7.11 Å². The monoisotopic (exact) mass is 266 g/mol. The molecule has 100 valence electrons. The summed E-state index contributed by atoms with van der Waals surface area (Å²) in [5.74, 6) is 1.80. The summed E-state index contributed by atoms with van der Waals surface area (Å²) in [6, 6.07) is 6.52. The normalized spacial score (nSPS) is 14.7. The maximum atomic E-state index is 5.33. The Morgan fingerprint density at radius 2 is 2.00 bits per heavy atom. The summed E-state index contributed by atoms with van der Waals surface area (Å²) in [7, 11) is 1.69. The lowest BCUT2D eigenvalue weighted by atomic mass is 10.3. The van der Waals surface area contributed by atoms with Crippen LogP contribution in [0.1, 0.15) is 18.9 Å². The van der Waals surface area contributed by atoms with Gasteiger partial charge in [0.05, 0.1) is 23.7 Å². The van der Waals surface area contributed by atoms with Gasteiger partial charge in [-0.3, -0.25) is 0 Å². The number of benzene rings is 1. The number of imidazole rings is 1. The van der Waals surface area contributed by atoms with Crippen molar-refractivity contribution in [2.45, 2.75) is 18.9 Å². The lowest BCUT2D eigenvalue weighted by Gasteiger charge is -2.07. The predicted molar refractivity (Wildman–Crippen MR) is 75.6 cm³/mol. The maximum Gasteiger partial charge on any atom is 0.144 e. The van der Waals surface area contributed by atoms with Crippen LogP contribution in [-0.4, -0.2) is 26.6 Å². The van der Waals surface area contributed by atoms with Crippen LogP contribution in [0.5, 0.6) is 5.75 Å². The molecule has 0 amide bonds. The molecule has 1 aliphatic carbocycles. The first-order chi connectivity index (χ1) is 9.86. The van der Waals surface area contributed by atoms with E-state index >= 15 is 0 Å². The highest BCUT2D eigenvalue weighted by Crippen LogP contribution is 2.41. The summed E-state index contributed by atoms with van der Waals surface area (Å²) in [6.45, 7) is 0. The maximum absolute atomic E-state index is 5.33. The van der Waals surface area contributed by atoms with Gasteiger partial charge in [-0.15, -0.1) is 0 Å². The molecule has 0 spiro atoms. The van der Waals surface area contributed by atoms with E-state index < -0.39 is 0 Å². The second-order valence-corrected chi connectivity index (χ2v) is 5.02. The van der Waals surface area contributed by atoms with Gasteiger partial charge in [-0.05, 0) is 25.0 Å². The van der Waals surface area contributed by atoms with E-state index in [-0.39, 0.29) is 0 Å². The lowest BCUT2D eigenvalue weighted by Crippen LogP contribution is -1.98. The van der Waals surface area contributed by atoms with Crippen molar-refractivity contribution in [2.24, 2.45) is 0 Å². The SMILES string of the molecule is COc1ccc2nc(-c3cncnc3)n(C3CC3)c2c1. The van der Waals surface area contributed by atoms with Gasteiger partial charge in [0.25, 0.3) is 0 Å². The molecule has 4 rings (SSSR count). The molecule has 0 aliphatic heterocycles. The molecule has 0 N–H and O–H groups in total. The van der Waals surface area contributed by atoms with Crippen LogP contribution in [0.3, 0.4) is 0 Å². The van der Waals surface area contributed by atoms with Gasteiger partial charge in [0, 0.05) is 24.5 Å². The molecule has 5 nitrogen and oxygen atoms in total. The number of rotatable bonds is 3. The van der Waals surface area contributed by atoms with E-state index in [0.717, 1.165) is 28.2 Å². The number of fused-ring (bicyclic) bond motifs is 1. The molecule has 1 aliphatic rings. The minimum atomic E-state index is 0.530. The average Bonchev–Trinajstić information content (AvgIpc) is 3.27. The zero-order valence-corrected chi connectivity index (χ0v) is 11.2. The summed E-state index contributed by atoms with van der Waals surface area (Å²) in [6.07, 6.45) is 7.55. The van der Waals surface area contributed by atoms with Crippen molar-refractivity contribution in [3.63, 3.8) is 0 Å². The summed E-state index contributed by atoms with van der Waals surface area (Å²) in [5.41, 5.74) is 3.05. The fourth-order valence-corrected chi connectivity index (χ4v) is 2.52. The topological polar surface area (TPSA) is 52.8 Å². The van der Waals surface area contributed by atoms with Crippen molar-refractivity contribution in [1.82, 2.24) is 19.5 Å². The van der Waals surface area contributed by atoms with E-state index in [2.05, 4.69) is 14.5 Å². The molecule has 3 aromatic rings. The van der Waals surface area contributed by atoms with Gasteiger partial charge in [-0.1, -0.05) is 0 Å². The van der Waals surface area contributed by atoms with Gasteiger partial charge in [0.1, 0.15) is 17.9 Å². The third-order valence-corrected chi connectivity index (χ3v) is 3.63. The average molecular weight is 266 g/mol. The Morgan fingerprint density at radius 3 is 2.70 bits per heavy atom. The molecule has 2 heterocycles. The van der Waals surface area contributed by atoms with Crippen LogP contribution in [0.15, 0.2) is 36.9 Å². The van der Waals surface area contributed by atoms with Crippen LogP contribution in [0.25, 0.3) is 22.4 Å². The molecule has 0 atom stereocenters. The van der Waals surface area contributed by atoms with Crippen LogP contribution >= 0.6 is 0 Å². The van der Waals surface area contributed by atoms with E-state index in [1.807, 2.05) is 30.6 Å². The molecule has 1 aromatic carbocycles. The second-order valence-electron chi connectivity index (χ2n) is 5.02. The first-order valence-electron chi connectivity index (χ1n) is 6.68. The largest absolute Gasteiger partial charge is 0.497 e. The zero-order valence-electron chi connectivity index (χ0n) is 11.2. The number of aromatic nitrogens is 4. The molecule has 1 fully saturated rings. The fourth-order valence-electron chi connectivity index (χ4n) is 2.52. The summed E-state index contributed by atoms with van der Waals surface area (Å²) < 4.78 is 7.61. The van der Waals surface area contributed by atoms with Gasteiger partial charge in [-0.25, -0.2) is 15.0 Å². The lowest BCUT2D eigenvalue weighted by molar-refractivity contribution is 0.415. The van der Waals surface area contributed by atoms with Crippen molar-refractivity contribution in [3.8, 4) is 17.1 Å². The Labute approximate surface area is 116 Å². The van der Waals surface area contributed by atoms with Crippen LogP contribution in [0.2, 0.25) is 0 Å². The van der Waals surface area contributed by atoms with Gasteiger partial charge in [0.15, 0.2) is 0 Å². The van der Waals surface area contributed by atoms with Crippen LogP contribution in [0, 0.1) is 0 Å². The molecular formula is C15H14N4O. The number of methoxy groups -OCH3 is 1. The predicted octanol–water partition coefficient (Wildman–Crippen LogP) is 2.84. The molecule has 0 radical (unpaired) electrons. The number of nitrogens with zero attached hydrogens (tertiary/aromatic N) is 4. The van der Waals surface area contributed by atoms with Crippen molar-refractivity contribution >= 4 is 11.0 Å². The minimum absolute atomic E-state index is 0.530. The number of ether oxygens (including phenoxy) is 1. The summed E-state index contributed by atoms with van der Waals surface area (Å²) in [5, 5.41) is 0. The molecule has 5 heteroatoms. The molecule has 1 saturated carbocycles. The smallest absolute Gasteiger partial charge is 0.144 e. The fraction of sp³-hybridized carbons (Fsp3) is 0.267. The quantitative estimate of drug-likeness (QED) is 0.731. The van der Waals surface area contributed by atoms with Crippen molar-refractivity contribution in [2.75, 3.05) is 7.11 Å². The van der Waals surface area contributed by atoms with E-state index in [1.165, 1.54) is 19.2 Å². The highest BCUT2D eigenvalue weighted by atomic mass is 16.5. The van der Waals surface area contributed by atoms with Gasteiger partial charge < -0.3 is 9.30 Å². The Morgan fingerprint density at radius 1 is 1.20 bits per heavy atom. The van der Waals surface area contributed by atoms with Crippen molar-refractivity contribution in [1.29, 1.82) is 0 Å². The molecule has 0 unspecified atom stereocenters. The molecule has 20 heavy (non-hydrogen) atoms. The van der Waals surface area contributed by atoms with E-state index in [0.29, 0.717) is 6.04 Å². The Balaban J connectivity index is 1.98. The first-order valence-corrected chi connectivity index (χ1v) is 6.68. The highest BCUT2D eigenvalue weighted by Gasteiger charge is 2.29. The molecular weight excluding hydrogens is 252 g/mol. The summed E-state index contributed by atoms with van der Waals surface area (Å²) in [4.78, 5) is 12.9. The van der Waals surface area contributed by atoms with E-state index in [4.69, 9.17) is 9.72 Å². The molecule has 2 aromatic heterocycles. The van der Waals surface area contributed by atoms with Crippen molar-refractivity contribution < 1.29 is 4.74 Å². The Hall–Kier alpha value is -2.43. The second kappa shape index (κ2) is 4.30. The standard InChI is InChI=1S/C15H14N4O/c1-20-12-4-5-13-14(6-12)19(11-2-3-11)15(18-13)10-7-16-9-17-8-10/h4-9,11H,2-3H2,1H3. The van der Waals surface area contributed by atoms with Crippen LogP contribution in [0.4, 0.5) is 0 Å². The summed E-state index contributed by atoms with van der Waals surface area (Å²) >= 11 is 0. The van der Waals surface area contributed by atoms with Crippen LogP contribution in [-0.2, 0) is 0 Å². The van der Waals surface area contributed by atoms with Gasteiger partial charge >= 0.3 is 0 Å². The molecule has 0 bridgehead atoms. The minimum Gasteiger partial charge on any atom is -0.497 e. The zero-order chi connectivity index (χ0) is 13.5. The number of hydrogen-bond donors (Lipinski definition) is 0. The Kier molecular flexibility index (Phi) is 2.45. The van der Waals surface area contributed by atoms with Crippen molar-refractivity contribution in [3.05, 3.63) is 36.9 Å². The van der Waals surface area contributed by atoms with Crippen LogP contribution < -0.4 is 4.74 Å². The third kappa shape index (κ3) is 1.74. The first kappa shape index (κ1) is 11.4. The van der Waals surface area contributed by atoms with E-state index in [9.17, 15) is 0 Å². The molecule has 0 saturated heterocycles. The Bertz CT molecular complexity index is 762.